The molecule has 0 aromatic heterocycles. The Morgan fingerprint density at radius 3 is 2.14 bits per heavy atom. The molecule has 0 saturated heterocycles. The van der Waals surface area contributed by atoms with Crippen LogP contribution in [0.5, 0.6) is 11.5 Å². The second-order valence-electron chi connectivity index (χ2n) is 2.54. The van der Waals surface area contributed by atoms with Gasteiger partial charge in [0.1, 0.15) is 11.5 Å². The molecule has 0 aliphatic carbocycles. The quantitative estimate of drug-likeness (QED) is 0.597. The lowest BCUT2D eigenvalue weighted by Gasteiger charge is -2.04. The average Bonchev–Trinajstić information content (AvgIpc) is 2.25. The van der Waals surface area contributed by atoms with E-state index in [2.05, 4.69) is 27.8 Å². The zero-order valence-corrected chi connectivity index (χ0v) is 9.72. The SMILES string of the molecule is COc1cc(C#CCBr)cc(OC)c1. The lowest BCUT2D eigenvalue weighted by atomic mass is 10.2. The van der Waals surface area contributed by atoms with E-state index < -0.39 is 0 Å². The monoisotopic (exact) mass is 254 g/mol. The molecule has 0 unspecified atom stereocenters. The Morgan fingerprint density at radius 2 is 1.71 bits per heavy atom. The minimum atomic E-state index is 0.659. The van der Waals surface area contributed by atoms with Crippen LogP contribution in [-0.2, 0) is 0 Å². The van der Waals surface area contributed by atoms with Crippen molar-refractivity contribution in [3.63, 3.8) is 0 Å². The summed E-state index contributed by atoms with van der Waals surface area (Å²) in [5.74, 6) is 7.42. The van der Waals surface area contributed by atoms with Gasteiger partial charge >= 0.3 is 0 Å². The molecule has 0 radical (unpaired) electrons. The summed E-state index contributed by atoms with van der Waals surface area (Å²) in [4.78, 5) is 0. The fourth-order valence-corrected chi connectivity index (χ4v) is 1.16. The predicted octanol–water partition coefficient (Wildman–Crippen LogP) is 2.45. The van der Waals surface area contributed by atoms with E-state index >= 15 is 0 Å². The largest absolute Gasteiger partial charge is 0.497 e. The molecule has 1 rings (SSSR count). The van der Waals surface area contributed by atoms with E-state index in [0.717, 1.165) is 17.1 Å². The Kier molecular flexibility index (Phi) is 4.34. The smallest absolute Gasteiger partial charge is 0.123 e. The minimum absolute atomic E-state index is 0.659. The van der Waals surface area contributed by atoms with Crippen LogP contribution >= 0.6 is 15.9 Å². The van der Waals surface area contributed by atoms with E-state index in [4.69, 9.17) is 9.47 Å². The van der Waals surface area contributed by atoms with Crippen LogP contribution in [0, 0.1) is 11.8 Å². The molecule has 1 aromatic rings. The normalized spacial score (nSPS) is 8.79. The molecule has 1 aromatic carbocycles. The third-order valence-electron chi connectivity index (χ3n) is 1.65. The molecule has 14 heavy (non-hydrogen) atoms. The van der Waals surface area contributed by atoms with Gasteiger partial charge in [-0.15, -0.1) is 0 Å². The van der Waals surface area contributed by atoms with Crippen molar-refractivity contribution in [2.75, 3.05) is 19.5 Å². The van der Waals surface area contributed by atoms with Crippen LogP contribution in [0.15, 0.2) is 18.2 Å². The van der Waals surface area contributed by atoms with E-state index in [-0.39, 0.29) is 0 Å². The molecule has 0 aliphatic heterocycles. The van der Waals surface area contributed by atoms with Crippen molar-refractivity contribution in [2.24, 2.45) is 0 Å². The average molecular weight is 255 g/mol. The fraction of sp³-hybridized carbons (Fsp3) is 0.273. The highest BCUT2D eigenvalue weighted by Gasteiger charge is 1.98. The van der Waals surface area contributed by atoms with Crippen LogP contribution in [0.2, 0.25) is 0 Å². The van der Waals surface area contributed by atoms with Crippen molar-refractivity contribution in [1.82, 2.24) is 0 Å². The summed E-state index contributed by atoms with van der Waals surface area (Å²) >= 11 is 3.24. The summed E-state index contributed by atoms with van der Waals surface area (Å²) in [5, 5.41) is 0.659. The number of rotatable bonds is 2. The highest BCUT2D eigenvalue weighted by atomic mass is 79.9. The van der Waals surface area contributed by atoms with Gasteiger partial charge in [0.05, 0.1) is 19.5 Å². The first-order valence-electron chi connectivity index (χ1n) is 4.08. The van der Waals surface area contributed by atoms with Gasteiger partial charge in [-0.1, -0.05) is 27.8 Å². The predicted molar refractivity (Wildman–Crippen MR) is 60.2 cm³/mol. The van der Waals surface area contributed by atoms with Crippen molar-refractivity contribution in [1.29, 1.82) is 0 Å². The van der Waals surface area contributed by atoms with Crippen LogP contribution in [0.25, 0.3) is 0 Å². The molecular weight excluding hydrogens is 244 g/mol. The van der Waals surface area contributed by atoms with E-state index in [1.165, 1.54) is 0 Å². The maximum absolute atomic E-state index is 5.12. The van der Waals surface area contributed by atoms with E-state index in [1.54, 1.807) is 14.2 Å². The van der Waals surface area contributed by atoms with Gasteiger partial charge in [-0.25, -0.2) is 0 Å². The number of hydrogen-bond acceptors (Lipinski definition) is 2. The van der Waals surface area contributed by atoms with Gasteiger partial charge in [-0.05, 0) is 12.1 Å². The highest BCUT2D eigenvalue weighted by Crippen LogP contribution is 2.21. The summed E-state index contributed by atoms with van der Waals surface area (Å²) < 4.78 is 10.2. The van der Waals surface area contributed by atoms with E-state index in [0.29, 0.717) is 5.33 Å². The van der Waals surface area contributed by atoms with Crippen molar-refractivity contribution in [2.45, 2.75) is 0 Å². The van der Waals surface area contributed by atoms with Crippen molar-refractivity contribution in [3.05, 3.63) is 23.8 Å². The first-order valence-corrected chi connectivity index (χ1v) is 5.20. The third kappa shape index (κ3) is 2.97. The molecule has 0 N–H and O–H groups in total. The first kappa shape index (κ1) is 10.9. The topological polar surface area (TPSA) is 18.5 Å². The molecule has 0 amide bonds. The third-order valence-corrected chi connectivity index (χ3v) is 1.93. The minimum Gasteiger partial charge on any atom is -0.497 e. The van der Waals surface area contributed by atoms with Crippen molar-refractivity contribution < 1.29 is 9.47 Å². The Bertz CT molecular complexity index is 341. The molecule has 2 nitrogen and oxygen atoms in total. The van der Waals surface area contributed by atoms with Gasteiger partial charge in [0.25, 0.3) is 0 Å². The molecule has 3 heteroatoms. The molecule has 0 atom stereocenters. The Balaban J connectivity index is 3.04. The lowest BCUT2D eigenvalue weighted by molar-refractivity contribution is 0.394. The van der Waals surface area contributed by atoms with Crippen molar-refractivity contribution >= 4 is 15.9 Å². The van der Waals surface area contributed by atoms with Crippen LogP contribution in [0.3, 0.4) is 0 Å². The Morgan fingerprint density at radius 1 is 1.14 bits per heavy atom. The van der Waals surface area contributed by atoms with Crippen LogP contribution < -0.4 is 9.47 Å². The van der Waals surface area contributed by atoms with Crippen molar-refractivity contribution in [3.8, 4) is 23.3 Å². The molecule has 0 saturated carbocycles. The fourth-order valence-electron chi connectivity index (χ4n) is 1.02. The number of ether oxygens (including phenoxy) is 2. The zero-order valence-electron chi connectivity index (χ0n) is 8.13. The van der Waals surface area contributed by atoms with Gasteiger partial charge in [0.2, 0.25) is 0 Å². The summed E-state index contributed by atoms with van der Waals surface area (Å²) in [6, 6.07) is 5.57. The molecule has 0 aliphatic rings. The Labute approximate surface area is 92.3 Å². The first-order chi connectivity index (χ1) is 6.80. The van der Waals surface area contributed by atoms with E-state index in [1.807, 2.05) is 18.2 Å². The molecule has 0 fully saturated rings. The van der Waals surface area contributed by atoms with Crippen LogP contribution in [0.4, 0.5) is 0 Å². The molecule has 0 spiro atoms. The second kappa shape index (κ2) is 5.56. The number of methoxy groups -OCH3 is 2. The van der Waals surface area contributed by atoms with Gasteiger partial charge in [-0.2, -0.15) is 0 Å². The number of halogens is 1. The lowest BCUT2D eigenvalue weighted by Crippen LogP contribution is -1.88. The van der Waals surface area contributed by atoms with Gasteiger partial charge < -0.3 is 9.47 Å². The number of alkyl halides is 1. The van der Waals surface area contributed by atoms with Crippen LogP contribution in [-0.4, -0.2) is 19.5 Å². The highest BCUT2D eigenvalue weighted by molar-refractivity contribution is 9.09. The number of benzene rings is 1. The molecular formula is C11H11BrO2. The Hall–Kier alpha value is -1.14. The van der Waals surface area contributed by atoms with Gasteiger partial charge in [0, 0.05) is 11.6 Å². The van der Waals surface area contributed by atoms with Gasteiger partial charge in [0.15, 0.2) is 0 Å². The van der Waals surface area contributed by atoms with E-state index in [9.17, 15) is 0 Å². The summed E-state index contributed by atoms with van der Waals surface area (Å²) in [7, 11) is 3.24. The summed E-state index contributed by atoms with van der Waals surface area (Å²) in [6.07, 6.45) is 0. The maximum atomic E-state index is 5.12. The molecule has 74 valence electrons. The zero-order chi connectivity index (χ0) is 10.4. The molecule has 0 heterocycles. The number of hydrogen-bond donors (Lipinski definition) is 0. The second-order valence-corrected chi connectivity index (χ2v) is 3.10. The summed E-state index contributed by atoms with van der Waals surface area (Å²) in [6.45, 7) is 0. The molecule has 0 bridgehead atoms. The summed E-state index contributed by atoms with van der Waals surface area (Å²) in [5.41, 5.74) is 0.889. The standard InChI is InChI=1S/C11H11BrO2/c1-13-10-6-9(4-3-5-12)7-11(8-10)14-2/h6-8H,5H2,1-2H3. The van der Waals surface area contributed by atoms with Gasteiger partial charge in [-0.3, -0.25) is 0 Å². The maximum Gasteiger partial charge on any atom is 0.123 e. The van der Waals surface area contributed by atoms with Crippen LogP contribution in [0.1, 0.15) is 5.56 Å².